The Hall–Kier alpha value is -1.71. The molecule has 0 aliphatic carbocycles. The molecule has 0 saturated carbocycles. The SMILES string of the molecule is [N-]=[N+]=NC1CN(C(=O)c2cccc(Cl)c2)C1. The summed E-state index contributed by atoms with van der Waals surface area (Å²) in [5.74, 6) is -0.0770. The van der Waals surface area contributed by atoms with Crippen LogP contribution in [-0.4, -0.2) is 29.9 Å². The Morgan fingerprint density at radius 2 is 2.31 bits per heavy atom. The molecule has 1 saturated heterocycles. The fraction of sp³-hybridized carbons (Fsp3) is 0.300. The monoisotopic (exact) mass is 236 g/mol. The maximum absolute atomic E-state index is 11.9. The van der Waals surface area contributed by atoms with Gasteiger partial charge in [-0.2, -0.15) is 0 Å². The fourth-order valence-corrected chi connectivity index (χ4v) is 1.76. The van der Waals surface area contributed by atoms with Gasteiger partial charge in [0.2, 0.25) is 0 Å². The Labute approximate surface area is 97.2 Å². The molecule has 1 aliphatic rings. The first-order chi connectivity index (χ1) is 7.70. The largest absolute Gasteiger partial charge is 0.338 e. The van der Waals surface area contributed by atoms with Crippen molar-refractivity contribution in [3.05, 3.63) is 45.3 Å². The molecule has 0 N–H and O–H groups in total. The van der Waals surface area contributed by atoms with Crippen molar-refractivity contribution in [2.75, 3.05) is 13.1 Å². The van der Waals surface area contributed by atoms with Gasteiger partial charge in [-0.15, -0.1) is 0 Å². The van der Waals surface area contributed by atoms with Gasteiger partial charge in [0, 0.05) is 28.6 Å². The molecule has 0 spiro atoms. The zero-order chi connectivity index (χ0) is 11.5. The van der Waals surface area contributed by atoms with Crippen molar-refractivity contribution < 1.29 is 4.79 Å². The summed E-state index contributed by atoms with van der Waals surface area (Å²) in [6.07, 6.45) is 0. The molecule has 0 unspecified atom stereocenters. The predicted molar refractivity (Wildman–Crippen MR) is 60.3 cm³/mol. The van der Waals surface area contributed by atoms with Crippen molar-refractivity contribution in [1.82, 2.24) is 4.90 Å². The van der Waals surface area contributed by atoms with Crippen molar-refractivity contribution in [2.24, 2.45) is 5.11 Å². The number of amides is 1. The van der Waals surface area contributed by atoms with Crippen LogP contribution in [0.5, 0.6) is 0 Å². The minimum Gasteiger partial charge on any atom is -0.338 e. The summed E-state index contributed by atoms with van der Waals surface area (Å²) < 4.78 is 0. The highest BCUT2D eigenvalue weighted by Gasteiger charge is 2.30. The van der Waals surface area contributed by atoms with Gasteiger partial charge in [0.15, 0.2) is 0 Å². The topological polar surface area (TPSA) is 69.1 Å². The van der Waals surface area contributed by atoms with Gasteiger partial charge in [0.25, 0.3) is 5.91 Å². The van der Waals surface area contributed by atoms with E-state index in [1.165, 1.54) is 0 Å². The zero-order valence-electron chi connectivity index (χ0n) is 8.38. The van der Waals surface area contributed by atoms with Gasteiger partial charge in [-0.25, -0.2) is 0 Å². The summed E-state index contributed by atoms with van der Waals surface area (Å²) in [5.41, 5.74) is 8.78. The van der Waals surface area contributed by atoms with Gasteiger partial charge in [0.1, 0.15) is 0 Å². The molecule has 1 heterocycles. The first-order valence-electron chi connectivity index (χ1n) is 4.80. The molecule has 1 aliphatic heterocycles. The van der Waals surface area contributed by atoms with Crippen LogP contribution in [-0.2, 0) is 0 Å². The third-order valence-electron chi connectivity index (χ3n) is 2.44. The highest BCUT2D eigenvalue weighted by atomic mass is 35.5. The Morgan fingerprint density at radius 3 is 2.94 bits per heavy atom. The van der Waals surface area contributed by atoms with E-state index in [2.05, 4.69) is 10.0 Å². The molecule has 0 bridgehead atoms. The predicted octanol–water partition coefficient (Wildman–Crippen LogP) is 2.47. The van der Waals surface area contributed by atoms with E-state index in [-0.39, 0.29) is 11.9 Å². The molecule has 82 valence electrons. The quantitative estimate of drug-likeness (QED) is 0.442. The van der Waals surface area contributed by atoms with Crippen molar-refractivity contribution in [3.8, 4) is 0 Å². The number of halogens is 1. The van der Waals surface area contributed by atoms with Crippen LogP contribution in [0.25, 0.3) is 10.4 Å². The molecular weight excluding hydrogens is 228 g/mol. The molecule has 5 nitrogen and oxygen atoms in total. The number of azide groups is 1. The maximum Gasteiger partial charge on any atom is 0.253 e. The highest BCUT2D eigenvalue weighted by Crippen LogP contribution is 2.18. The van der Waals surface area contributed by atoms with Crippen molar-refractivity contribution in [3.63, 3.8) is 0 Å². The van der Waals surface area contributed by atoms with Crippen LogP contribution in [0.15, 0.2) is 29.4 Å². The molecule has 0 radical (unpaired) electrons. The molecule has 16 heavy (non-hydrogen) atoms. The summed E-state index contributed by atoms with van der Waals surface area (Å²) in [7, 11) is 0. The summed E-state index contributed by atoms with van der Waals surface area (Å²) in [6.45, 7) is 0.963. The van der Waals surface area contributed by atoms with E-state index < -0.39 is 0 Å². The van der Waals surface area contributed by atoms with Gasteiger partial charge in [-0.3, -0.25) is 4.79 Å². The van der Waals surface area contributed by atoms with E-state index >= 15 is 0 Å². The third kappa shape index (κ3) is 2.10. The number of likely N-dealkylation sites (tertiary alicyclic amines) is 1. The minimum atomic E-state index is -0.0897. The van der Waals surface area contributed by atoms with Gasteiger partial charge < -0.3 is 4.90 Å². The minimum absolute atomic E-state index is 0.0770. The summed E-state index contributed by atoms with van der Waals surface area (Å²) in [5, 5.41) is 4.07. The smallest absolute Gasteiger partial charge is 0.253 e. The lowest BCUT2D eigenvalue weighted by Gasteiger charge is -2.36. The van der Waals surface area contributed by atoms with Crippen LogP contribution in [0.2, 0.25) is 5.02 Å². The maximum atomic E-state index is 11.9. The third-order valence-corrected chi connectivity index (χ3v) is 2.67. The normalized spacial score (nSPS) is 15.2. The van der Waals surface area contributed by atoms with Gasteiger partial charge in [-0.05, 0) is 23.7 Å². The molecular formula is C10H9ClN4O. The number of carbonyl (C=O) groups excluding carboxylic acids is 1. The van der Waals surface area contributed by atoms with Crippen molar-refractivity contribution in [2.45, 2.75) is 6.04 Å². The van der Waals surface area contributed by atoms with E-state index in [0.29, 0.717) is 23.7 Å². The number of rotatable bonds is 2. The van der Waals surface area contributed by atoms with Crippen LogP contribution in [0.1, 0.15) is 10.4 Å². The van der Waals surface area contributed by atoms with Crippen LogP contribution < -0.4 is 0 Å². The standard InChI is InChI=1S/C10H9ClN4O/c11-8-3-1-2-7(4-8)10(16)15-5-9(6-15)13-14-12/h1-4,9H,5-6H2. The highest BCUT2D eigenvalue weighted by molar-refractivity contribution is 6.30. The first kappa shape index (κ1) is 10.8. The molecule has 0 aromatic heterocycles. The molecule has 6 heteroatoms. The fourth-order valence-electron chi connectivity index (χ4n) is 1.57. The number of nitrogens with zero attached hydrogens (tertiary/aromatic N) is 4. The lowest BCUT2D eigenvalue weighted by atomic mass is 10.1. The summed E-state index contributed by atoms with van der Waals surface area (Å²) in [6, 6.07) is 6.71. The van der Waals surface area contributed by atoms with Gasteiger partial charge in [0.05, 0.1) is 6.04 Å². The molecule has 2 rings (SSSR count). The van der Waals surface area contributed by atoms with Crippen LogP contribution in [0.3, 0.4) is 0 Å². The molecule has 0 atom stereocenters. The number of carbonyl (C=O) groups is 1. The van der Waals surface area contributed by atoms with Gasteiger partial charge in [-0.1, -0.05) is 22.8 Å². The number of hydrogen-bond donors (Lipinski definition) is 0. The Kier molecular flexibility index (Phi) is 2.99. The number of benzene rings is 1. The summed E-state index contributed by atoms with van der Waals surface area (Å²) in [4.78, 5) is 16.2. The molecule has 1 fully saturated rings. The Morgan fingerprint density at radius 1 is 1.56 bits per heavy atom. The van der Waals surface area contributed by atoms with Crippen molar-refractivity contribution >= 4 is 17.5 Å². The average molecular weight is 237 g/mol. The van der Waals surface area contributed by atoms with E-state index in [9.17, 15) is 4.79 Å². The molecule has 1 aromatic carbocycles. The lowest BCUT2D eigenvalue weighted by molar-refractivity contribution is 0.0608. The second-order valence-electron chi connectivity index (χ2n) is 3.58. The number of hydrogen-bond acceptors (Lipinski definition) is 2. The molecule has 1 amide bonds. The van der Waals surface area contributed by atoms with Gasteiger partial charge >= 0.3 is 0 Å². The second kappa shape index (κ2) is 4.43. The Bertz CT molecular complexity index is 464. The van der Waals surface area contributed by atoms with Crippen LogP contribution in [0.4, 0.5) is 0 Å². The van der Waals surface area contributed by atoms with E-state index in [1.54, 1.807) is 29.2 Å². The van der Waals surface area contributed by atoms with Crippen LogP contribution in [0, 0.1) is 0 Å². The van der Waals surface area contributed by atoms with E-state index in [1.807, 2.05) is 0 Å². The lowest BCUT2D eigenvalue weighted by Crippen LogP contribution is -2.52. The van der Waals surface area contributed by atoms with Crippen LogP contribution >= 0.6 is 11.6 Å². The average Bonchev–Trinajstić information content (AvgIpc) is 2.22. The second-order valence-corrected chi connectivity index (χ2v) is 4.02. The molecule has 1 aromatic rings. The first-order valence-corrected chi connectivity index (χ1v) is 5.17. The van der Waals surface area contributed by atoms with Crippen molar-refractivity contribution in [1.29, 1.82) is 0 Å². The summed E-state index contributed by atoms with van der Waals surface area (Å²) >= 11 is 5.80. The Balaban J connectivity index is 2.02. The van der Waals surface area contributed by atoms with E-state index in [4.69, 9.17) is 17.1 Å². The zero-order valence-corrected chi connectivity index (χ0v) is 9.13. The van der Waals surface area contributed by atoms with E-state index in [0.717, 1.165) is 0 Å².